The Morgan fingerprint density at radius 2 is 2.18 bits per heavy atom. The Morgan fingerprint density at radius 3 is 2.82 bits per heavy atom. The Labute approximate surface area is 105 Å². The van der Waals surface area contributed by atoms with Crippen LogP contribution in [-0.4, -0.2) is 55.5 Å². The fraction of sp³-hybridized carbons (Fsp3) is 0.923. The van der Waals surface area contributed by atoms with Gasteiger partial charge in [0.25, 0.3) is 0 Å². The number of nitrogens with zero attached hydrogens (tertiary/aromatic N) is 2. The van der Waals surface area contributed by atoms with E-state index in [1.807, 2.05) is 14.1 Å². The second-order valence-corrected chi connectivity index (χ2v) is 5.15. The van der Waals surface area contributed by atoms with Crippen molar-refractivity contribution >= 4 is 5.91 Å². The molecule has 2 N–H and O–H groups in total. The summed E-state index contributed by atoms with van der Waals surface area (Å²) < 4.78 is 0. The monoisotopic (exact) mass is 241 g/mol. The van der Waals surface area contributed by atoms with Crippen LogP contribution in [0.1, 0.15) is 38.5 Å². The number of carbonyl (C=O) groups excluding carboxylic acids is 1. The number of nitrogens with two attached hydrogens (primary N) is 1. The molecule has 1 saturated heterocycles. The first kappa shape index (κ1) is 14.5. The lowest BCUT2D eigenvalue weighted by Crippen LogP contribution is -2.41. The lowest BCUT2D eigenvalue weighted by Gasteiger charge is -2.35. The highest BCUT2D eigenvalue weighted by Gasteiger charge is 2.21. The molecule has 1 heterocycles. The molecule has 0 aromatic rings. The third-order valence-corrected chi connectivity index (χ3v) is 3.58. The van der Waals surface area contributed by atoms with Crippen LogP contribution in [0.4, 0.5) is 0 Å². The summed E-state index contributed by atoms with van der Waals surface area (Å²) in [6.07, 6.45) is 6.64. The Kier molecular flexibility index (Phi) is 6.52. The van der Waals surface area contributed by atoms with E-state index in [-0.39, 0.29) is 5.91 Å². The van der Waals surface area contributed by atoms with Crippen LogP contribution in [-0.2, 0) is 4.79 Å². The minimum atomic E-state index is 0.234. The molecule has 0 aromatic heterocycles. The smallest absolute Gasteiger partial charge is 0.222 e. The maximum atomic E-state index is 11.5. The van der Waals surface area contributed by atoms with Crippen LogP contribution < -0.4 is 5.73 Å². The summed E-state index contributed by atoms with van der Waals surface area (Å²) in [4.78, 5) is 15.7. The third kappa shape index (κ3) is 5.04. The number of carbonyl (C=O) groups is 1. The number of amides is 1. The number of hydrogen-bond donors (Lipinski definition) is 1. The predicted molar refractivity (Wildman–Crippen MR) is 70.8 cm³/mol. The molecule has 0 bridgehead atoms. The van der Waals surface area contributed by atoms with Gasteiger partial charge in [-0.25, -0.2) is 0 Å². The van der Waals surface area contributed by atoms with E-state index in [1.54, 1.807) is 4.90 Å². The van der Waals surface area contributed by atoms with E-state index in [9.17, 15) is 4.79 Å². The maximum Gasteiger partial charge on any atom is 0.222 e. The second-order valence-electron chi connectivity index (χ2n) is 5.15. The summed E-state index contributed by atoms with van der Waals surface area (Å²) in [5.74, 6) is 0.234. The SMILES string of the molecule is CN(C)C(=O)CCCN1CCCCC1CCN. The summed E-state index contributed by atoms with van der Waals surface area (Å²) in [7, 11) is 3.64. The molecule has 0 aliphatic carbocycles. The maximum absolute atomic E-state index is 11.5. The zero-order chi connectivity index (χ0) is 12.7. The van der Waals surface area contributed by atoms with E-state index in [4.69, 9.17) is 5.73 Å². The van der Waals surface area contributed by atoms with Gasteiger partial charge in [-0.15, -0.1) is 0 Å². The van der Waals surface area contributed by atoms with Crippen LogP contribution in [0.15, 0.2) is 0 Å². The summed E-state index contributed by atoms with van der Waals surface area (Å²) in [6, 6.07) is 0.656. The van der Waals surface area contributed by atoms with Gasteiger partial charge in [-0.1, -0.05) is 6.42 Å². The van der Waals surface area contributed by atoms with Crippen molar-refractivity contribution in [3.8, 4) is 0 Å². The van der Waals surface area contributed by atoms with Crippen LogP contribution in [0.2, 0.25) is 0 Å². The summed E-state index contributed by atoms with van der Waals surface area (Å²) >= 11 is 0. The Hall–Kier alpha value is -0.610. The minimum Gasteiger partial charge on any atom is -0.349 e. The number of likely N-dealkylation sites (tertiary alicyclic amines) is 1. The normalized spacial score (nSPS) is 21.5. The van der Waals surface area contributed by atoms with Gasteiger partial charge in [0.05, 0.1) is 0 Å². The largest absolute Gasteiger partial charge is 0.349 e. The predicted octanol–water partition coefficient (Wildman–Crippen LogP) is 1.06. The molecule has 0 radical (unpaired) electrons. The standard InChI is InChI=1S/C13H27N3O/c1-15(2)13(17)7-5-11-16-10-4-3-6-12(16)8-9-14/h12H,3-11,14H2,1-2H3. The Morgan fingerprint density at radius 1 is 1.41 bits per heavy atom. The Balaban J connectivity index is 2.25. The van der Waals surface area contributed by atoms with Gasteiger partial charge in [-0.05, 0) is 45.3 Å². The molecule has 1 aliphatic rings. The van der Waals surface area contributed by atoms with Crippen LogP contribution in [0.25, 0.3) is 0 Å². The first-order valence-electron chi connectivity index (χ1n) is 6.79. The highest BCUT2D eigenvalue weighted by atomic mass is 16.2. The van der Waals surface area contributed by atoms with Gasteiger partial charge < -0.3 is 15.5 Å². The number of rotatable bonds is 6. The molecular formula is C13H27N3O. The fourth-order valence-corrected chi connectivity index (χ4v) is 2.53. The van der Waals surface area contributed by atoms with Gasteiger partial charge in [0.1, 0.15) is 0 Å². The first-order valence-corrected chi connectivity index (χ1v) is 6.79. The van der Waals surface area contributed by atoms with Gasteiger partial charge in [0.2, 0.25) is 5.91 Å². The van der Waals surface area contributed by atoms with Gasteiger partial charge in [-0.3, -0.25) is 4.79 Å². The highest BCUT2D eigenvalue weighted by Crippen LogP contribution is 2.19. The Bertz CT molecular complexity index is 229. The molecule has 1 amide bonds. The van der Waals surface area contributed by atoms with Crippen LogP contribution in [0.5, 0.6) is 0 Å². The summed E-state index contributed by atoms with van der Waals surface area (Å²) in [5.41, 5.74) is 5.65. The number of hydrogen-bond acceptors (Lipinski definition) is 3. The van der Waals surface area contributed by atoms with Crippen molar-refractivity contribution in [2.75, 3.05) is 33.7 Å². The van der Waals surface area contributed by atoms with Crippen molar-refractivity contribution < 1.29 is 4.79 Å². The van der Waals surface area contributed by atoms with E-state index >= 15 is 0 Å². The topological polar surface area (TPSA) is 49.6 Å². The second kappa shape index (κ2) is 7.67. The van der Waals surface area contributed by atoms with Crippen molar-refractivity contribution in [1.29, 1.82) is 0 Å². The van der Waals surface area contributed by atoms with Crippen LogP contribution >= 0.6 is 0 Å². The fourth-order valence-electron chi connectivity index (χ4n) is 2.53. The molecule has 0 spiro atoms. The van der Waals surface area contributed by atoms with E-state index in [1.165, 1.54) is 25.8 Å². The summed E-state index contributed by atoms with van der Waals surface area (Å²) in [5, 5.41) is 0. The molecular weight excluding hydrogens is 214 g/mol. The van der Waals surface area contributed by atoms with E-state index in [0.717, 1.165) is 25.9 Å². The third-order valence-electron chi connectivity index (χ3n) is 3.58. The molecule has 1 aliphatic heterocycles. The zero-order valence-electron chi connectivity index (χ0n) is 11.3. The van der Waals surface area contributed by atoms with Gasteiger partial charge in [0, 0.05) is 26.6 Å². The molecule has 1 fully saturated rings. The molecule has 0 aromatic carbocycles. The number of piperidine rings is 1. The molecule has 1 unspecified atom stereocenters. The molecule has 4 nitrogen and oxygen atoms in total. The highest BCUT2D eigenvalue weighted by molar-refractivity contribution is 5.75. The van der Waals surface area contributed by atoms with Crippen molar-refractivity contribution in [3.63, 3.8) is 0 Å². The van der Waals surface area contributed by atoms with Crippen molar-refractivity contribution in [2.45, 2.75) is 44.6 Å². The molecule has 1 rings (SSSR count). The van der Waals surface area contributed by atoms with E-state index < -0.39 is 0 Å². The van der Waals surface area contributed by atoms with Gasteiger partial charge in [0.15, 0.2) is 0 Å². The molecule has 17 heavy (non-hydrogen) atoms. The van der Waals surface area contributed by atoms with Crippen LogP contribution in [0, 0.1) is 0 Å². The first-order chi connectivity index (χ1) is 8.15. The average Bonchev–Trinajstić information content (AvgIpc) is 2.31. The minimum absolute atomic E-state index is 0.234. The van der Waals surface area contributed by atoms with Gasteiger partial charge >= 0.3 is 0 Å². The molecule has 1 atom stereocenters. The summed E-state index contributed by atoms with van der Waals surface area (Å²) in [6.45, 7) is 3.00. The van der Waals surface area contributed by atoms with Crippen molar-refractivity contribution in [2.24, 2.45) is 5.73 Å². The zero-order valence-corrected chi connectivity index (χ0v) is 11.3. The molecule has 100 valence electrons. The lowest BCUT2D eigenvalue weighted by molar-refractivity contribution is -0.128. The average molecular weight is 241 g/mol. The van der Waals surface area contributed by atoms with E-state index in [2.05, 4.69) is 4.90 Å². The molecule has 4 heteroatoms. The molecule has 0 saturated carbocycles. The quantitative estimate of drug-likeness (QED) is 0.756. The van der Waals surface area contributed by atoms with Crippen molar-refractivity contribution in [1.82, 2.24) is 9.80 Å². The van der Waals surface area contributed by atoms with Crippen LogP contribution in [0.3, 0.4) is 0 Å². The van der Waals surface area contributed by atoms with E-state index in [0.29, 0.717) is 12.5 Å². The lowest BCUT2D eigenvalue weighted by atomic mass is 9.99. The van der Waals surface area contributed by atoms with Gasteiger partial charge in [-0.2, -0.15) is 0 Å². The van der Waals surface area contributed by atoms with Crippen molar-refractivity contribution in [3.05, 3.63) is 0 Å².